The van der Waals surface area contributed by atoms with Crippen LogP contribution in [-0.2, 0) is 6.54 Å². The van der Waals surface area contributed by atoms with Crippen molar-refractivity contribution in [3.05, 3.63) is 62.5 Å². The zero-order valence-electron chi connectivity index (χ0n) is 12.1. The molecule has 112 valence electrons. The summed E-state index contributed by atoms with van der Waals surface area (Å²) >= 11 is 3.74. The number of para-hydroxylation sites is 1. The van der Waals surface area contributed by atoms with Crippen LogP contribution < -0.4 is 4.80 Å². The van der Waals surface area contributed by atoms with E-state index < -0.39 is 0 Å². The lowest BCUT2D eigenvalue weighted by molar-refractivity contribution is 0.0997. The Bertz CT molecular complexity index is 895. The van der Waals surface area contributed by atoms with Gasteiger partial charge in [0.05, 0.1) is 15.8 Å². The summed E-state index contributed by atoms with van der Waals surface area (Å²) in [5, 5.41) is 0. The van der Waals surface area contributed by atoms with Crippen molar-refractivity contribution < 1.29 is 4.79 Å². The van der Waals surface area contributed by atoms with Gasteiger partial charge in [-0.2, -0.15) is 4.99 Å². The summed E-state index contributed by atoms with van der Waals surface area (Å²) in [4.78, 5) is 17.6. The third-order valence-electron chi connectivity index (χ3n) is 3.34. The van der Waals surface area contributed by atoms with Gasteiger partial charge in [-0.25, -0.2) is 0 Å². The molecule has 0 saturated carbocycles. The number of amides is 1. The number of carbonyl (C=O) groups is 1. The number of benzene rings is 2. The van der Waals surface area contributed by atoms with Crippen molar-refractivity contribution in [2.24, 2.45) is 4.99 Å². The van der Waals surface area contributed by atoms with Crippen molar-refractivity contribution in [3.8, 4) is 0 Å². The van der Waals surface area contributed by atoms with Gasteiger partial charge in [0.1, 0.15) is 0 Å². The largest absolute Gasteiger partial charge is 0.316 e. The summed E-state index contributed by atoms with van der Waals surface area (Å²) in [5.41, 5.74) is 1.80. The summed E-state index contributed by atoms with van der Waals surface area (Å²) in [6.07, 6.45) is 1.00. The molecule has 0 radical (unpaired) electrons. The summed E-state index contributed by atoms with van der Waals surface area (Å²) in [5.74, 6) is -0.179. The molecule has 1 aromatic heterocycles. The zero-order valence-corrected chi connectivity index (χ0v) is 15.1. The van der Waals surface area contributed by atoms with Gasteiger partial charge in [-0.05, 0) is 53.3 Å². The Morgan fingerprint density at radius 2 is 1.91 bits per heavy atom. The van der Waals surface area contributed by atoms with Crippen LogP contribution in [0.25, 0.3) is 10.2 Å². The monoisotopic (exact) mass is 422 g/mol. The van der Waals surface area contributed by atoms with Gasteiger partial charge < -0.3 is 4.57 Å². The Hall–Kier alpha value is -1.47. The van der Waals surface area contributed by atoms with Gasteiger partial charge in [-0.3, -0.25) is 4.79 Å². The highest BCUT2D eigenvalue weighted by atomic mass is 127. The molecule has 0 aliphatic heterocycles. The number of hydrogen-bond acceptors (Lipinski definition) is 2. The second-order valence-corrected chi connectivity index (χ2v) is 7.07. The molecule has 0 N–H and O–H groups in total. The summed E-state index contributed by atoms with van der Waals surface area (Å²) in [7, 11) is 0. The van der Waals surface area contributed by atoms with Gasteiger partial charge in [0.15, 0.2) is 4.80 Å². The standard InChI is InChI=1S/C17H15IN2OS/c1-2-11-20-14-9-5-6-10-15(14)22-17(20)19-16(21)12-7-3-4-8-13(12)18/h3-10H,2,11H2,1H3. The predicted molar refractivity (Wildman–Crippen MR) is 99.2 cm³/mol. The van der Waals surface area contributed by atoms with Crippen LogP contribution in [0.3, 0.4) is 0 Å². The third-order valence-corrected chi connectivity index (χ3v) is 5.34. The van der Waals surface area contributed by atoms with Gasteiger partial charge in [-0.1, -0.05) is 42.5 Å². The van der Waals surface area contributed by atoms with Crippen LogP contribution in [0.15, 0.2) is 53.5 Å². The molecule has 3 nitrogen and oxygen atoms in total. The average Bonchev–Trinajstić information content (AvgIpc) is 2.86. The summed E-state index contributed by atoms with van der Waals surface area (Å²) < 4.78 is 4.22. The smallest absolute Gasteiger partial charge is 0.280 e. The molecule has 0 fully saturated rings. The first-order valence-electron chi connectivity index (χ1n) is 7.12. The number of nitrogens with zero attached hydrogens (tertiary/aromatic N) is 2. The molecule has 0 aliphatic carbocycles. The molecule has 0 atom stereocenters. The molecule has 0 unspecified atom stereocenters. The number of aryl methyl sites for hydroxylation is 1. The molecule has 3 aromatic rings. The van der Waals surface area contributed by atoms with E-state index in [0.717, 1.165) is 31.6 Å². The van der Waals surface area contributed by atoms with Crippen LogP contribution in [0.1, 0.15) is 23.7 Å². The maximum absolute atomic E-state index is 12.5. The maximum Gasteiger partial charge on any atom is 0.280 e. The molecule has 2 aromatic carbocycles. The van der Waals surface area contributed by atoms with E-state index in [4.69, 9.17) is 0 Å². The Balaban J connectivity index is 2.14. The first-order valence-corrected chi connectivity index (χ1v) is 9.02. The van der Waals surface area contributed by atoms with Gasteiger partial charge in [0.2, 0.25) is 0 Å². The quantitative estimate of drug-likeness (QED) is 0.574. The molecular weight excluding hydrogens is 407 g/mol. The van der Waals surface area contributed by atoms with E-state index in [-0.39, 0.29) is 5.91 Å². The minimum Gasteiger partial charge on any atom is -0.316 e. The normalized spacial score (nSPS) is 12.0. The average molecular weight is 422 g/mol. The second-order valence-electron chi connectivity index (χ2n) is 4.90. The number of thiazole rings is 1. The fourth-order valence-electron chi connectivity index (χ4n) is 2.33. The molecular formula is C17H15IN2OS. The number of aromatic nitrogens is 1. The van der Waals surface area contributed by atoms with Gasteiger partial charge in [0, 0.05) is 10.1 Å². The van der Waals surface area contributed by atoms with Crippen LogP contribution in [0.4, 0.5) is 0 Å². The van der Waals surface area contributed by atoms with E-state index in [1.165, 1.54) is 0 Å². The van der Waals surface area contributed by atoms with E-state index in [1.54, 1.807) is 11.3 Å². The van der Waals surface area contributed by atoms with E-state index in [2.05, 4.69) is 51.2 Å². The van der Waals surface area contributed by atoms with Crippen LogP contribution in [0.5, 0.6) is 0 Å². The number of rotatable bonds is 3. The third kappa shape index (κ3) is 3.01. The first-order chi connectivity index (χ1) is 10.7. The van der Waals surface area contributed by atoms with Crippen molar-refractivity contribution in [3.63, 3.8) is 0 Å². The molecule has 5 heteroatoms. The van der Waals surface area contributed by atoms with Crippen molar-refractivity contribution in [2.75, 3.05) is 0 Å². The van der Waals surface area contributed by atoms with E-state index in [0.29, 0.717) is 5.56 Å². The predicted octanol–water partition coefficient (Wildman–Crippen LogP) is 4.46. The van der Waals surface area contributed by atoms with Crippen LogP contribution in [-0.4, -0.2) is 10.5 Å². The minimum absolute atomic E-state index is 0.179. The van der Waals surface area contributed by atoms with Gasteiger partial charge >= 0.3 is 0 Å². The van der Waals surface area contributed by atoms with Crippen LogP contribution >= 0.6 is 33.9 Å². The number of carbonyl (C=O) groups excluding carboxylic acids is 1. The molecule has 0 saturated heterocycles. The van der Waals surface area contributed by atoms with Crippen LogP contribution in [0.2, 0.25) is 0 Å². The highest BCUT2D eigenvalue weighted by Crippen LogP contribution is 2.18. The number of hydrogen-bond donors (Lipinski definition) is 0. The molecule has 22 heavy (non-hydrogen) atoms. The van der Waals surface area contributed by atoms with Crippen molar-refractivity contribution in [1.29, 1.82) is 0 Å². The fraction of sp³-hybridized carbons (Fsp3) is 0.176. The fourth-order valence-corrected chi connectivity index (χ4v) is 4.00. The lowest BCUT2D eigenvalue weighted by atomic mass is 10.2. The van der Waals surface area contributed by atoms with E-state index in [1.807, 2.05) is 36.4 Å². The Labute approximate surface area is 146 Å². The number of fused-ring (bicyclic) bond motifs is 1. The zero-order chi connectivity index (χ0) is 15.5. The Morgan fingerprint density at radius 3 is 2.68 bits per heavy atom. The van der Waals surface area contributed by atoms with Crippen molar-refractivity contribution >= 4 is 50.1 Å². The van der Waals surface area contributed by atoms with Gasteiger partial charge in [0.25, 0.3) is 5.91 Å². The van der Waals surface area contributed by atoms with Crippen LogP contribution in [0, 0.1) is 3.57 Å². The first kappa shape index (κ1) is 15.4. The highest BCUT2D eigenvalue weighted by molar-refractivity contribution is 14.1. The van der Waals surface area contributed by atoms with Crippen molar-refractivity contribution in [2.45, 2.75) is 19.9 Å². The second kappa shape index (κ2) is 6.75. The summed E-state index contributed by atoms with van der Waals surface area (Å²) in [6.45, 7) is 2.99. The highest BCUT2D eigenvalue weighted by Gasteiger charge is 2.10. The van der Waals surface area contributed by atoms with E-state index in [9.17, 15) is 4.79 Å². The molecule has 0 aliphatic rings. The molecule has 1 amide bonds. The maximum atomic E-state index is 12.5. The van der Waals surface area contributed by atoms with Gasteiger partial charge in [-0.15, -0.1) is 0 Å². The molecule has 3 rings (SSSR count). The van der Waals surface area contributed by atoms with E-state index >= 15 is 0 Å². The lowest BCUT2D eigenvalue weighted by Gasteiger charge is -2.02. The Morgan fingerprint density at radius 1 is 1.18 bits per heavy atom. The SMILES string of the molecule is CCCn1c(=NC(=O)c2ccccc2I)sc2ccccc21. The minimum atomic E-state index is -0.179. The molecule has 0 spiro atoms. The molecule has 0 bridgehead atoms. The van der Waals surface area contributed by atoms with Crippen molar-refractivity contribution in [1.82, 2.24) is 4.57 Å². The number of halogens is 1. The summed E-state index contributed by atoms with van der Waals surface area (Å²) in [6, 6.07) is 15.7. The topological polar surface area (TPSA) is 34.4 Å². The molecule has 1 heterocycles. The Kier molecular flexibility index (Phi) is 4.73. The lowest BCUT2D eigenvalue weighted by Crippen LogP contribution is -2.17.